The largest absolute Gasteiger partial charge is 0.325 e. The summed E-state index contributed by atoms with van der Waals surface area (Å²) in [6.07, 6.45) is 0. The van der Waals surface area contributed by atoms with Gasteiger partial charge >= 0.3 is 0 Å². The molecule has 9 heteroatoms. The molecule has 0 aliphatic carbocycles. The number of amides is 1. The predicted octanol–water partition coefficient (Wildman–Crippen LogP) is 3.60. The Morgan fingerprint density at radius 2 is 2.04 bits per heavy atom. The van der Waals surface area contributed by atoms with Crippen molar-refractivity contribution in [3.05, 3.63) is 58.6 Å². The van der Waals surface area contributed by atoms with E-state index in [0.29, 0.717) is 11.5 Å². The van der Waals surface area contributed by atoms with Gasteiger partial charge in [0.25, 0.3) is 0 Å². The Labute approximate surface area is 155 Å². The number of benzene rings is 2. The summed E-state index contributed by atoms with van der Waals surface area (Å²) in [5, 5.41) is 13.7. The Balaban J connectivity index is 1.67. The number of nitrogens with one attached hydrogen (secondary N) is 1. The Kier molecular flexibility index (Phi) is 5.44. The standard InChI is InChI=1S/C16H13BrFN5OS/c1-10-20-21-22-23(10)15-8-12(4-7-14(15)18)19-16(24)9-25-13-5-2-11(17)3-6-13/h2-8H,9H2,1H3,(H,19,24). The number of halogens is 2. The molecule has 0 saturated carbocycles. The Morgan fingerprint density at radius 3 is 2.72 bits per heavy atom. The van der Waals surface area contributed by atoms with Crippen molar-refractivity contribution in [3.63, 3.8) is 0 Å². The first-order chi connectivity index (χ1) is 12.0. The number of carbonyl (C=O) groups excluding carboxylic acids is 1. The first-order valence-electron chi connectivity index (χ1n) is 7.26. The van der Waals surface area contributed by atoms with Gasteiger partial charge in [0.2, 0.25) is 5.91 Å². The third-order valence-electron chi connectivity index (χ3n) is 3.27. The van der Waals surface area contributed by atoms with E-state index in [1.165, 1.54) is 34.6 Å². The van der Waals surface area contributed by atoms with Crippen molar-refractivity contribution < 1.29 is 9.18 Å². The van der Waals surface area contributed by atoms with Gasteiger partial charge in [0.15, 0.2) is 5.82 Å². The number of thioether (sulfide) groups is 1. The first kappa shape index (κ1) is 17.6. The second-order valence-electron chi connectivity index (χ2n) is 5.09. The molecule has 0 aliphatic heterocycles. The maximum absolute atomic E-state index is 14.0. The summed E-state index contributed by atoms with van der Waals surface area (Å²) >= 11 is 4.79. The number of aryl methyl sites for hydroxylation is 1. The van der Waals surface area contributed by atoms with Crippen LogP contribution in [0.2, 0.25) is 0 Å². The minimum Gasteiger partial charge on any atom is -0.325 e. The van der Waals surface area contributed by atoms with Gasteiger partial charge in [0, 0.05) is 15.1 Å². The minimum absolute atomic E-state index is 0.181. The van der Waals surface area contributed by atoms with Gasteiger partial charge in [0.1, 0.15) is 11.5 Å². The Morgan fingerprint density at radius 1 is 1.28 bits per heavy atom. The maximum Gasteiger partial charge on any atom is 0.234 e. The van der Waals surface area contributed by atoms with Crippen LogP contribution < -0.4 is 5.32 Å². The summed E-state index contributed by atoms with van der Waals surface area (Å²) in [4.78, 5) is 13.1. The van der Waals surface area contributed by atoms with Crippen molar-refractivity contribution >= 4 is 39.3 Å². The lowest BCUT2D eigenvalue weighted by Crippen LogP contribution is -2.14. The van der Waals surface area contributed by atoms with Gasteiger partial charge in [-0.25, -0.2) is 4.39 Å². The molecule has 1 heterocycles. The summed E-state index contributed by atoms with van der Waals surface area (Å²) in [5.41, 5.74) is 0.661. The normalized spacial score (nSPS) is 10.7. The average molecular weight is 422 g/mol. The molecule has 0 saturated heterocycles. The van der Waals surface area contributed by atoms with E-state index in [1.807, 2.05) is 24.3 Å². The summed E-state index contributed by atoms with van der Waals surface area (Å²) in [5.74, 6) is 0.0443. The molecule has 1 amide bonds. The van der Waals surface area contributed by atoms with Crippen molar-refractivity contribution in [2.24, 2.45) is 0 Å². The quantitative estimate of drug-likeness (QED) is 0.637. The highest BCUT2D eigenvalue weighted by Crippen LogP contribution is 2.22. The van der Waals surface area contributed by atoms with Crippen LogP contribution in [0.4, 0.5) is 10.1 Å². The fourth-order valence-electron chi connectivity index (χ4n) is 2.08. The van der Waals surface area contributed by atoms with Gasteiger partial charge in [-0.2, -0.15) is 4.68 Å². The molecule has 3 aromatic rings. The number of anilines is 1. The smallest absolute Gasteiger partial charge is 0.234 e. The maximum atomic E-state index is 14.0. The third kappa shape index (κ3) is 4.43. The molecule has 0 aliphatic rings. The number of nitrogens with zero attached hydrogens (tertiary/aromatic N) is 4. The van der Waals surface area contributed by atoms with E-state index in [9.17, 15) is 9.18 Å². The Bertz CT molecular complexity index is 900. The van der Waals surface area contributed by atoms with Crippen LogP contribution in [0.15, 0.2) is 51.8 Å². The number of carbonyl (C=O) groups is 1. The second-order valence-corrected chi connectivity index (χ2v) is 7.06. The molecule has 1 N–H and O–H groups in total. The van der Waals surface area contributed by atoms with E-state index >= 15 is 0 Å². The molecular formula is C16H13BrFN5OS. The van der Waals surface area contributed by atoms with Gasteiger partial charge in [-0.15, -0.1) is 16.9 Å². The predicted molar refractivity (Wildman–Crippen MR) is 97.3 cm³/mol. The molecule has 128 valence electrons. The first-order valence-corrected chi connectivity index (χ1v) is 9.04. The van der Waals surface area contributed by atoms with Crippen LogP contribution in [-0.4, -0.2) is 31.9 Å². The van der Waals surface area contributed by atoms with E-state index in [4.69, 9.17) is 0 Å². The van der Waals surface area contributed by atoms with Crippen LogP contribution in [0.1, 0.15) is 5.82 Å². The average Bonchev–Trinajstić information content (AvgIpc) is 3.02. The van der Waals surface area contributed by atoms with E-state index in [2.05, 4.69) is 36.8 Å². The van der Waals surface area contributed by atoms with Crippen molar-refractivity contribution in [3.8, 4) is 5.69 Å². The van der Waals surface area contributed by atoms with Gasteiger partial charge in [-0.1, -0.05) is 15.9 Å². The summed E-state index contributed by atoms with van der Waals surface area (Å²) in [6, 6.07) is 12.0. The minimum atomic E-state index is -0.474. The second kappa shape index (κ2) is 7.75. The van der Waals surface area contributed by atoms with Gasteiger partial charge in [-0.05, 0) is 59.8 Å². The van der Waals surface area contributed by atoms with Gasteiger partial charge < -0.3 is 5.32 Å². The molecule has 0 radical (unpaired) electrons. The molecule has 0 atom stereocenters. The highest BCUT2D eigenvalue weighted by atomic mass is 79.9. The van der Waals surface area contributed by atoms with E-state index in [1.54, 1.807) is 6.92 Å². The molecule has 2 aromatic carbocycles. The van der Waals surface area contributed by atoms with E-state index in [0.717, 1.165) is 9.37 Å². The third-order valence-corrected chi connectivity index (χ3v) is 4.81. The summed E-state index contributed by atoms with van der Waals surface area (Å²) in [6.45, 7) is 1.67. The SMILES string of the molecule is Cc1nnnn1-c1cc(NC(=O)CSc2ccc(Br)cc2)ccc1F. The number of tetrazole rings is 1. The van der Waals surface area contributed by atoms with Crippen LogP contribution in [0, 0.1) is 12.7 Å². The van der Waals surface area contributed by atoms with Crippen molar-refractivity contribution in [1.29, 1.82) is 0 Å². The lowest BCUT2D eigenvalue weighted by atomic mass is 10.2. The fraction of sp³-hybridized carbons (Fsp3) is 0.125. The molecule has 0 bridgehead atoms. The van der Waals surface area contributed by atoms with Crippen LogP contribution in [0.25, 0.3) is 5.69 Å². The molecule has 0 unspecified atom stereocenters. The molecule has 25 heavy (non-hydrogen) atoms. The van der Waals surface area contributed by atoms with Crippen molar-refractivity contribution in [2.75, 3.05) is 11.1 Å². The van der Waals surface area contributed by atoms with Crippen molar-refractivity contribution in [1.82, 2.24) is 20.2 Å². The number of hydrogen-bond donors (Lipinski definition) is 1. The molecular weight excluding hydrogens is 409 g/mol. The van der Waals surface area contributed by atoms with Gasteiger partial charge in [-0.3, -0.25) is 4.79 Å². The molecule has 3 rings (SSSR count). The van der Waals surface area contributed by atoms with Crippen molar-refractivity contribution in [2.45, 2.75) is 11.8 Å². The lowest BCUT2D eigenvalue weighted by Gasteiger charge is -2.09. The van der Waals surface area contributed by atoms with Crippen LogP contribution in [0.5, 0.6) is 0 Å². The monoisotopic (exact) mass is 421 g/mol. The zero-order chi connectivity index (χ0) is 17.8. The van der Waals surface area contributed by atoms with Crippen LogP contribution in [-0.2, 0) is 4.79 Å². The molecule has 0 spiro atoms. The van der Waals surface area contributed by atoms with Crippen LogP contribution >= 0.6 is 27.7 Å². The summed E-state index contributed by atoms with van der Waals surface area (Å²) in [7, 11) is 0. The lowest BCUT2D eigenvalue weighted by molar-refractivity contribution is -0.113. The number of rotatable bonds is 5. The topological polar surface area (TPSA) is 72.7 Å². The van der Waals surface area contributed by atoms with Crippen LogP contribution in [0.3, 0.4) is 0 Å². The zero-order valence-electron chi connectivity index (χ0n) is 13.1. The van der Waals surface area contributed by atoms with E-state index in [-0.39, 0.29) is 17.3 Å². The van der Waals surface area contributed by atoms with Gasteiger partial charge in [0.05, 0.1) is 5.75 Å². The summed E-state index contributed by atoms with van der Waals surface area (Å²) < 4.78 is 16.3. The number of aromatic nitrogens is 4. The Hall–Kier alpha value is -2.26. The molecule has 0 fully saturated rings. The number of hydrogen-bond acceptors (Lipinski definition) is 5. The highest BCUT2D eigenvalue weighted by Gasteiger charge is 2.12. The molecule has 6 nitrogen and oxygen atoms in total. The zero-order valence-corrected chi connectivity index (χ0v) is 15.5. The molecule has 1 aromatic heterocycles. The fourth-order valence-corrected chi connectivity index (χ4v) is 3.05. The highest BCUT2D eigenvalue weighted by molar-refractivity contribution is 9.10. The van der Waals surface area contributed by atoms with E-state index < -0.39 is 5.82 Å².